The number of hydrogen-bond donors (Lipinski definition) is 1. The highest BCUT2D eigenvalue weighted by atomic mass is 19.1. The maximum Gasteiger partial charge on any atom is 0.266 e. The molecule has 7 nitrogen and oxygen atoms in total. The van der Waals surface area contributed by atoms with Gasteiger partial charge in [-0.25, -0.2) is 4.39 Å². The van der Waals surface area contributed by atoms with E-state index in [2.05, 4.69) is 0 Å². The van der Waals surface area contributed by atoms with Gasteiger partial charge in [-0.2, -0.15) is 0 Å². The molecule has 3 aliphatic heterocycles. The Morgan fingerprint density at radius 2 is 1.51 bits per heavy atom. The summed E-state index contributed by atoms with van der Waals surface area (Å²) in [7, 11) is 0. The summed E-state index contributed by atoms with van der Waals surface area (Å²) < 4.78 is 28.3. The molecule has 4 atom stereocenters. The van der Waals surface area contributed by atoms with Crippen LogP contribution in [0.15, 0.2) is 97.1 Å². The highest BCUT2D eigenvalue weighted by molar-refractivity contribution is 6.14. The van der Waals surface area contributed by atoms with Crippen LogP contribution < -0.4 is 14.5 Å². The third-order valence-electron chi connectivity index (χ3n) is 9.46. The lowest BCUT2D eigenvalue weighted by atomic mass is 9.71. The summed E-state index contributed by atoms with van der Waals surface area (Å²) in [5.41, 5.74) is 1.09. The van der Waals surface area contributed by atoms with E-state index in [1.54, 1.807) is 21.9 Å². The molecule has 0 saturated carbocycles. The first kappa shape index (κ1) is 29.2. The van der Waals surface area contributed by atoms with Gasteiger partial charge in [0.25, 0.3) is 11.8 Å². The average Bonchev–Trinajstić information content (AvgIpc) is 3.40. The predicted molar refractivity (Wildman–Crippen MR) is 170 cm³/mol. The number of anilines is 3. The summed E-state index contributed by atoms with van der Waals surface area (Å²) in [4.78, 5) is 31.6. The zero-order valence-corrected chi connectivity index (χ0v) is 25.4. The minimum absolute atomic E-state index is 0.159. The van der Waals surface area contributed by atoms with Crippen LogP contribution in [0.4, 0.5) is 21.5 Å². The SMILES string of the molecule is C[C@@H]1[C@@H](C(C)(C)F)[C@H](CCO)O[C@@]12C(=O)N(Cc1ccc(N3C(=O)c4ccccc4Oc4ccccc43)cc1)c1ccccc12. The van der Waals surface area contributed by atoms with E-state index in [1.165, 1.54) is 13.8 Å². The van der Waals surface area contributed by atoms with E-state index in [0.717, 1.165) is 16.8 Å². The number of benzene rings is 4. The van der Waals surface area contributed by atoms with Crippen molar-refractivity contribution in [3.8, 4) is 11.5 Å². The Balaban J connectivity index is 1.22. The van der Waals surface area contributed by atoms with E-state index in [0.29, 0.717) is 28.4 Å². The van der Waals surface area contributed by atoms with Gasteiger partial charge in [-0.1, -0.05) is 61.5 Å². The number of fused-ring (bicyclic) bond motifs is 4. The number of hydrogen-bond acceptors (Lipinski definition) is 5. The van der Waals surface area contributed by atoms with E-state index in [1.807, 2.05) is 91.9 Å². The zero-order chi connectivity index (χ0) is 31.5. The van der Waals surface area contributed by atoms with Gasteiger partial charge >= 0.3 is 0 Å². The van der Waals surface area contributed by atoms with Crippen LogP contribution in [0.5, 0.6) is 11.5 Å². The maximum absolute atomic E-state index is 15.6. The van der Waals surface area contributed by atoms with Crippen LogP contribution in [0.25, 0.3) is 0 Å². The maximum atomic E-state index is 15.6. The fourth-order valence-corrected chi connectivity index (χ4v) is 7.55. The molecule has 3 aliphatic rings. The van der Waals surface area contributed by atoms with Gasteiger partial charge in [-0.3, -0.25) is 14.5 Å². The van der Waals surface area contributed by atoms with Crippen molar-refractivity contribution < 1.29 is 28.6 Å². The number of carbonyl (C=O) groups excluding carboxylic acids is 2. The lowest BCUT2D eigenvalue weighted by molar-refractivity contribution is -0.146. The molecule has 1 spiro atoms. The lowest BCUT2D eigenvalue weighted by Gasteiger charge is -2.32. The van der Waals surface area contributed by atoms with Crippen LogP contribution in [0.1, 0.15) is 48.7 Å². The van der Waals surface area contributed by atoms with Gasteiger partial charge in [0.05, 0.1) is 29.6 Å². The number of amides is 2. The van der Waals surface area contributed by atoms with Crippen molar-refractivity contribution in [1.29, 1.82) is 0 Å². The van der Waals surface area contributed by atoms with E-state index < -0.39 is 29.2 Å². The molecule has 1 saturated heterocycles. The van der Waals surface area contributed by atoms with Crippen LogP contribution in [-0.2, 0) is 21.7 Å². The molecule has 3 heterocycles. The fraction of sp³-hybridized carbons (Fsp3) is 0.297. The molecule has 230 valence electrons. The summed E-state index contributed by atoms with van der Waals surface area (Å²) in [5, 5.41) is 9.76. The molecule has 1 N–H and O–H groups in total. The molecule has 0 bridgehead atoms. The second-order valence-electron chi connectivity index (χ2n) is 12.6. The Kier molecular flexibility index (Phi) is 7.02. The third kappa shape index (κ3) is 4.54. The van der Waals surface area contributed by atoms with Crippen LogP contribution in [-0.4, -0.2) is 35.3 Å². The lowest BCUT2D eigenvalue weighted by Crippen LogP contribution is -2.45. The normalized spacial score (nSPS) is 23.9. The predicted octanol–water partition coefficient (Wildman–Crippen LogP) is 7.29. The largest absolute Gasteiger partial charge is 0.454 e. The van der Waals surface area contributed by atoms with Crippen molar-refractivity contribution >= 4 is 28.9 Å². The number of ether oxygens (including phenoxy) is 2. The number of alkyl halides is 1. The summed E-state index contributed by atoms with van der Waals surface area (Å²) in [6.07, 6.45) is -0.362. The Morgan fingerprint density at radius 1 is 0.867 bits per heavy atom. The molecule has 0 aliphatic carbocycles. The molecule has 8 heteroatoms. The number of aliphatic hydroxyl groups is 1. The van der Waals surface area contributed by atoms with E-state index >= 15 is 4.39 Å². The van der Waals surface area contributed by atoms with E-state index in [-0.39, 0.29) is 31.4 Å². The number of nitrogens with zero attached hydrogens (tertiary/aromatic N) is 2. The molecular weight excluding hydrogens is 571 g/mol. The second-order valence-corrected chi connectivity index (χ2v) is 12.6. The van der Waals surface area contributed by atoms with Crippen molar-refractivity contribution in [2.75, 3.05) is 16.4 Å². The first-order valence-electron chi connectivity index (χ1n) is 15.3. The molecule has 1 fully saturated rings. The van der Waals surface area contributed by atoms with Gasteiger partial charge in [0.2, 0.25) is 0 Å². The Bertz CT molecular complexity index is 1780. The van der Waals surface area contributed by atoms with Crippen LogP contribution >= 0.6 is 0 Å². The standard InChI is InChI=1S/C37H35FN2O5/c1-23-33(36(2,3)38)32(20-21-41)45-37(23)27-11-5-6-12-28(27)39(35(37)43)22-24-16-18-25(19-17-24)40-29-13-7-9-15-31(29)44-30-14-8-4-10-26(30)34(40)42/h4-19,23,32-33,41H,20-22H2,1-3H3/t23-,32+,33-,37+/m1/s1. The quantitative estimate of drug-likeness (QED) is 0.249. The van der Waals surface area contributed by atoms with Crippen LogP contribution in [0, 0.1) is 11.8 Å². The molecule has 0 unspecified atom stereocenters. The number of aliphatic hydroxyl groups excluding tert-OH is 1. The molecule has 45 heavy (non-hydrogen) atoms. The molecule has 2 amide bonds. The van der Waals surface area contributed by atoms with Crippen molar-refractivity contribution in [3.05, 3.63) is 114 Å². The minimum Gasteiger partial charge on any atom is -0.454 e. The first-order valence-corrected chi connectivity index (χ1v) is 15.3. The number of rotatable bonds is 6. The Morgan fingerprint density at radius 3 is 2.22 bits per heavy atom. The third-order valence-corrected chi connectivity index (χ3v) is 9.46. The molecule has 4 aromatic rings. The number of para-hydroxylation sites is 4. The summed E-state index contributed by atoms with van der Waals surface area (Å²) in [5.74, 6) is -0.413. The van der Waals surface area contributed by atoms with Crippen molar-refractivity contribution in [2.24, 2.45) is 11.8 Å². The molecule has 0 aromatic heterocycles. The van der Waals surface area contributed by atoms with Gasteiger partial charge in [-0.15, -0.1) is 0 Å². The highest BCUT2D eigenvalue weighted by Gasteiger charge is 2.65. The molecular formula is C37H35FN2O5. The smallest absolute Gasteiger partial charge is 0.266 e. The van der Waals surface area contributed by atoms with Gasteiger partial charge in [0.1, 0.15) is 11.4 Å². The summed E-state index contributed by atoms with van der Waals surface area (Å²) in [6.45, 7) is 5.02. The van der Waals surface area contributed by atoms with E-state index in [9.17, 15) is 14.7 Å². The van der Waals surface area contributed by atoms with Gasteiger partial charge in [0.15, 0.2) is 11.4 Å². The van der Waals surface area contributed by atoms with Gasteiger partial charge in [-0.05, 0) is 68.3 Å². The van der Waals surface area contributed by atoms with Crippen molar-refractivity contribution in [2.45, 2.75) is 51.1 Å². The average molecular weight is 607 g/mol. The van der Waals surface area contributed by atoms with Gasteiger partial charge in [0, 0.05) is 29.7 Å². The zero-order valence-electron chi connectivity index (χ0n) is 25.4. The fourth-order valence-electron chi connectivity index (χ4n) is 7.55. The summed E-state index contributed by atoms with van der Waals surface area (Å²) in [6, 6.07) is 29.7. The topological polar surface area (TPSA) is 79.3 Å². The molecule has 0 radical (unpaired) electrons. The Hall–Kier alpha value is -4.53. The monoisotopic (exact) mass is 606 g/mol. The van der Waals surface area contributed by atoms with Crippen molar-refractivity contribution in [3.63, 3.8) is 0 Å². The summed E-state index contributed by atoms with van der Waals surface area (Å²) >= 11 is 0. The van der Waals surface area contributed by atoms with Crippen molar-refractivity contribution in [1.82, 2.24) is 0 Å². The van der Waals surface area contributed by atoms with Crippen LogP contribution in [0.3, 0.4) is 0 Å². The first-order chi connectivity index (χ1) is 21.6. The minimum atomic E-state index is -1.61. The molecule has 4 aromatic carbocycles. The Labute approximate surface area is 261 Å². The van der Waals surface area contributed by atoms with Gasteiger partial charge < -0.3 is 19.5 Å². The van der Waals surface area contributed by atoms with E-state index in [4.69, 9.17) is 9.47 Å². The molecule has 7 rings (SSSR count). The second kappa shape index (κ2) is 10.8. The van der Waals surface area contributed by atoms with Crippen LogP contribution in [0.2, 0.25) is 0 Å². The highest BCUT2D eigenvalue weighted by Crippen LogP contribution is 2.58. The number of halogens is 1. The number of carbonyl (C=O) groups is 2.